The van der Waals surface area contributed by atoms with Crippen LogP contribution in [-0.2, 0) is 31.0 Å². The fourth-order valence-corrected chi connectivity index (χ4v) is 6.61. The third-order valence-corrected chi connectivity index (χ3v) is 8.99. The molecule has 10 nitrogen and oxygen atoms in total. The molecule has 3 atom stereocenters. The number of hydrogen-bond donors (Lipinski definition) is 0. The molecule has 0 N–H and O–H groups in total. The number of piperidine rings is 1. The summed E-state index contributed by atoms with van der Waals surface area (Å²) in [7, 11) is 1.39. The molecule has 0 amide bonds. The lowest BCUT2D eigenvalue weighted by atomic mass is 10.1. The van der Waals surface area contributed by atoms with E-state index in [0.717, 1.165) is 47.9 Å². The third-order valence-electron chi connectivity index (χ3n) is 8.99. The van der Waals surface area contributed by atoms with Gasteiger partial charge in [0, 0.05) is 49.1 Å². The van der Waals surface area contributed by atoms with Crippen molar-refractivity contribution in [2.24, 2.45) is 11.8 Å². The van der Waals surface area contributed by atoms with Crippen LogP contribution in [0.2, 0.25) is 0 Å². The fourth-order valence-electron chi connectivity index (χ4n) is 6.61. The molecular weight excluding hydrogens is 573 g/mol. The summed E-state index contributed by atoms with van der Waals surface area (Å²) < 4.78 is 29.4. The standard InChI is InChI=1S/C34H32FN7O3/c1-3-41-20-37-14-24(41)15-42-30-12-22(34(43)44-2)9-10-28(30)38-31(42)18-40-16-25-26(17-40)33(25)29-5-4-6-32(39-29)45-19-23-8-7-21(13-36)11-27(23)35/h4-12,14,20,25-26,33H,3,15-19H2,1-2H3/t25-,26+,33-. The molecule has 11 heteroatoms. The van der Waals surface area contributed by atoms with Gasteiger partial charge in [0.25, 0.3) is 0 Å². The first-order valence-electron chi connectivity index (χ1n) is 15.0. The number of fused-ring (bicyclic) bond motifs is 2. The van der Waals surface area contributed by atoms with E-state index in [-0.39, 0.29) is 18.1 Å². The lowest BCUT2D eigenvalue weighted by Crippen LogP contribution is -2.26. The number of aryl methyl sites for hydroxylation is 1. The zero-order valence-electron chi connectivity index (χ0n) is 25.1. The Hall–Kier alpha value is -5.08. The van der Waals surface area contributed by atoms with E-state index in [1.807, 2.05) is 42.9 Å². The highest BCUT2D eigenvalue weighted by Gasteiger charge is 2.57. The van der Waals surface area contributed by atoms with E-state index in [9.17, 15) is 9.18 Å². The van der Waals surface area contributed by atoms with Gasteiger partial charge < -0.3 is 18.6 Å². The van der Waals surface area contributed by atoms with Gasteiger partial charge in [-0.05, 0) is 55.2 Å². The number of nitrogens with zero attached hydrogens (tertiary/aromatic N) is 7. The van der Waals surface area contributed by atoms with Crippen molar-refractivity contribution in [3.63, 3.8) is 0 Å². The van der Waals surface area contributed by atoms with Gasteiger partial charge >= 0.3 is 5.97 Å². The van der Waals surface area contributed by atoms with Crippen molar-refractivity contribution in [3.05, 3.63) is 107 Å². The van der Waals surface area contributed by atoms with Crippen LogP contribution in [0, 0.1) is 29.0 Å². The Morgan fingerprint density at radius 1 is 1.09 bits per heavy atom. The second kappa shape index (κ2) is 11.8. The Bertz CT molecular complexity index is 1930. The van der Waals surface area contributed by atoms with Gasteiger partial charge in [-0.25, -0.2) is 24.1 Å². The summed E-state index contributed by atoms with van der Waals surface area (Å²) in [6.45, 7) is 6.09. The summed E-state index contributed by atoms with van der Waals surface area (Å²) in [5.41, 5.74) is 4.95. The lowest BCUT2D eigenvalue weighted by Gasteiger charge is -2.20. The van der Waals surface area contributed by atoms with Crippen molar-refractivity contribution < 1.29 is 18.7 Å². The van der Waals surface area contributed by atoms with Crippen LogP contribution in [0.25, 0.3) is 11.0 Å². The number of hydrogen-bond acceptors (Lipinski definition) is 8. The molecule has 45 heavy (non-hydrogen) atoms. The molecular formula is C34H32FN7O3. The molecule has 5 aromatic rings. The quantitative estimate of drug-likeness (QED) is 0.206. The minimum Gasteiger partial charge on any atom is -0.473 e. The van der Waals surface area contributed by atoms with Gasteiger partial charge in [-0.3, -0.25) is 4.90 Å². The van der Waals surface area contributed by atoms with Crippen LogP contribution in [0.4, 0.5) is 4.39 Å². The van der Waals surface area contributed by atoms with Gasteiger partial charge in [0.2, 0.25) is 5.88 Å². The van der Waals surface area contributed by atoms with Crippen LogP contribution in [-0.4, -0.2) is 55.2 Å². The molecule has 1 saturated carbocycles. The normalized spacial score (nSPS) is 18.9. The Labute approximate surface area is 259 Å². The first-order valence-corrected chi connectivity index (χ1v) is 15.0. The van der Waals surface area contributed by atoms with Crippen molar-refractivity contribution in [2.45, 2.75) is 39.1 Å². The Balaban J connectivity index is 1.05. The van der Waals surface area contributed by atoms with E-state index in [1.54, 1.807) is 24.3 Å². The molecule has 1 aliphatic carbocycles. The number of methoxy groups -OCH3 is 1. The number of esters is 1. The summed E-state index contributed by atoms with van der Waals surface area (Å²) in [4.78, 5) is 28.8. The molecule has 2 aliphatic rings. The van der Waals surface area contributed by atoms with E-state index in [1.165, 1.54) is 13.2 Å². The van der Waals surface area contributed by atoms with Gasteiger partial charge in [0.15, 0.2) is 0 Å². The minimum absolute atomic E-state index is 0.0421. The highest BCUT2D eigenvalue weighted by Crippen LogP contribution is 2.58. The van der Waals surface area contributed by atoms with Crippen LogP contribution < -0.4 is 4.74 Å². The van der Waals surface area contributed by atoms with Crippen LogP contribution in [0.1, 0.15) is 51.5 Å². The number of aromatic nitrogens is 5. The first kappa shape index (κ1) is 28.7. The number of pyridine rings is 1. The van der Waals surface area contributed by atoms with E-state index in [4.69, 9.17) is 24.7 Å². The number of ether oxygens (including phenoxy) is 2. The number of carbonyl (C=O) groups excluding carboxylic acids is 1. The smallest absolute Gasteiger partial charge is 0.337 e. The van der Waals surface area contributed by atoms with Crippen molar-refractivity contribution in [3.8, 4) is 11.9 Å². The number of nitriles is 1. The maximum Gasteiger partial charge on any atom is 0.337 e. The maximum absolute atomic E-state index is 14.3. The van der Waals surface area contributed by atoms with Crippen LogP contribution in [0.3, 0.4) is 0 Å². The highest BCUT2D eigenvalue weighted by molar-refractivity contribution is 5.93. The monoisotopic (exact) mass is 605 g/mol. The molecule has 0 radical (unpaired) electrons. The van der Waals surface area contributed by atoms with Crippen molar-refractivity contribution in [1.29, 1.82) is 5.26 Å². The van der Waals surface area contributed by atoms with Crippen LogP contribution >= 0.6 is 0 Å². The molecule has 1 saturated heterocycles. The van der Waals surface area contributed by atoms with Crippen molar-refractivity contribution >= 4 is 17.0 Å². The summed E-state index contributed by atoms with van der Waals surface area (Å²) in [6, 6.07) is 17.6. The molecule has 3 aromatic heterocycles. The minimum atomic E-state index is -0.463. The average molecular weight is 606 g/mol. The molecule has 0 bridgehead atoms. The molecule has 0 spiro atoms. The Morgan fingerprint density at radius 2 is 1.93 bits per heavy atom. The third kappa shape index (κ3) is 5.53. The van der Waals surface area contributed by atoms with E-state index < -0.39 is 5.82 Å². The topological polar surface area (TPSA) is 111 Å². The zero-order chi connectivity index (χ0) is 31.1. The number of likely N-dealkylation sites (tertiary alicyclic amines) is 1. The number of halogens is 1. The number of benzene rings is 2. The Morgan fingerprint density at radius 3 is 2.69 bits per heavy atom. The lowest BCUT2D eigenvalue weighted by molar-refractivity contribution is 0.0601. The largest absolute Gasteiger partial charge is 0.473 e. The summed E-state index contributed by atoms with van der Waals surface area (Å²) >= 11 is 0. The molecule has 2 aromatic carbocycles. The van der Waals surface area contributed by atoms with Crippen LogP contribution in [0.15, 0.2) is 67.1 Å². The number of imidazole rings is 2. The fraction of sp³-hybridized carbons (Fsp3) is 0.324. The predicted molar refractivity (Wildman–Crippen MR) is 163 cm³/mol. The second-order valence-corrected chi connectivity index (χ2v) is 11.6. The van der Waals surface area contributed by atoms with Gasteiger partial charge in [-0.2, -0.15) is 5.26 Å². The van der Waals surface area contributed by atoms with Gasteiger partial charge in [-0.1, -0.05) is 12.1 Å². The predicted octanol–water partition coefficient (Wildman–Crippen LogP) is 4.92. The summed E-state index contributed by atoms with van der Waals surface area (Å²) in [5, 5.41) is 8.97. The molecule has 1 aliphatic heterocycles. The number of carbonyl (C=O) groups is 1. The summed E-state index contributed by atoms with van der Waals surface area (Å²) in [6.07, 6.45) is 3.71. The van der Waals surface area contributed by atoms with Gasteiger partial charge in [0.05, 0.1) is 60.5 Å². The Kier molecular flexibility index (Phi) is 7.51. The molecule has 4 heterocycles. The summed E-state index contributed by atoms with van der Waals surface area (Å²) in [5.74, 6) is 1.91. The SMILES string of the molecule is CCn1cncc1Cn1c(CN2C[C@@H]3[C@H](C2)[C@@H]3c2cccc(OCc3ccc(C#N)cc3F)n2)nc2ccc(C(=O)OC)cc21. The zero-order valence-corrected chi connectivity index (χ0v) is 25.1. The van der Waals surface area contributed by atoms with Crippen molar-refractivity contribution in [1.82, 2.24) is 29.0 Å². The highest BCUT2D eigenvalue weighted by atomic mass is 19.1. The molecule has 2 fully saturated rings. The number of rotatable bonds is 10. The molecule has 7 rings (SSSR count). The van der Waals surface area contributed by atoms with E-state index in [0.29, 0.717) is 47.9 Å². The van der Waals surface area contributed by atoms with Crippen LogP contribution in [0.5, 0.6) is 5.88 Å². The average Bonchev–Trinajstić information content (AvgIpc) is 3.39. The first-order chi connectivity index (χ1) is 21.9. The van der Waals surface area contributed by atoms with Gasteiger partial charge in [-0.15, -0.1) is 0 Å². The van der Waals surface area contributed by atoms with E-state index >= 15 is 0 Å². The van der Waals surface area contributed by atoms with Crippen molar-refractivity contribution in [2.75, 3.05) is 20.2 Å². The molecule has 0 unspecified atom stereocenters. The van der Waals surface area contributed by atoms with E-state index in [2.05, 4.69) is 25.9 Å². The molecule has 228 valence electrons. The second-order valence-electron chi connectivity index (χ2n) is 11.6. The van der Waals surface area contributed by atoms with Gasteiger partial charge in [0.1, 0.15) is 18.2 Å². The maximum atomic E-state index is 14.3.